The summed E-state index contributed by atoms with van der Waals surface area (Å²) >= 11 is 0. The minimum Gasteiger partial charge on any atom is -0.480 e. The molecule has 1 aliphatic rings. The van der Waals surface area contributed by atoms with Crippen molar-refractivity contribution in [1.82, 2.24) is 20.0 Å². The van der Waals surface area contributed by atoms with Crippen LogP contribution in [-0.2, 0) is 22.7 Å². The predicted molar refractivity (Wildman–Crippen MR) is 121 cm³/mol. The molecule has 0 unspecified atom stereocenters. The molecule has 0 saturated carbocycles. The van der Waals surface area contributed by atoms with Crippen LogP contribution in [0, 0.1) is 6.92 Å². The van der Waals surface area contributed by atoms with E-state index in [9.17, 15) is 14.7 Å². The van der Waals surface area contributed by atoms with E-state index in [1.54, 1.807) is 35.4 Å². The molecule has 8 heteroatoms. The van der Waals surface area contributed by atoms with Crippen molar-refractivity contribution in [2.75, 3.05) is 25.0 Å². The molecule has 0 aliphatic carbocycles. The van der Waals surface area contributed by atoms with Gasteiger partial charge in [-0.15, -0.1) is 0 Å². The molecule has 1 aliphatic heterocycles. The number of aromatic nitrogens is 2. The van der Waals surface area contributed by atoms with Crippen LogP contribution < -0.4 is 4.90 Å². The van der Waals surface area contributed by atoms with Crippen molar-refractivity contribution in [3.8, 4) is 11.4 Å². The highest BCUT2D eigenvalue weighted by molar-refractivity contribution is 5.85. The molecule has 2 heterocycles. The first-order chi connectivity index (χ1) is 15.4. The molecule has 2 aromatic carbocycles. The number of benzene rings is 2. The van der Waals surface area contributed by atoms with Crippen LogP contribution in [0.5, 0.6) is 0 Å². The molecule has 4 rings (SSSR count). The number of nitrogens with zero attached hydrogens (tertiary/aromatic N) is 5. The van der Waals surface area contributed by atoms with Gasteiger partial charge in [0.05, 0.1) is 6.54 Å². The summed E-state index contributed by atoms with van der Waals surface area (Å²) in [7, 11) is 1.73. The highest BCUT2D eigenvalue weighted by Gasteiger charge is 2.27. The topological polar surface area (TPSA) is 89.9 Å². The van der Waals surface area contributed by atoms with Crippen LogP contribution in [0.4, 0.5) is 5.69 Å². The van der Waals surface area contributed by atoms with E-state index in [1.807, 2.05) is 42.3 Å². The molecule has 1 aromatic heterocycles. The van der Waals surface area contributed by atoms with Crippen LogP contribution in [0.15, 0.2) is 60.9 Å². The molecule has 0 fully saturated rings. The third-order valence-electron chi connectivity index (χ3n) is 5.64. The van der Waals surface area contributed by atoms with Gasteiger partial charge >= 0.3 is 5.97 Å². The van der Waals surface area contributed by atoms with Crippen molar-refractivity contribution in [2.45, 2.75) is 20.0 Å². The summed E-state index contributed by atoms with van der Waals surface area (Å²) in [4.78, 5) is 34.9. The molecule has 1 N–H and O–H groups in total. The van der Waals surface area contributed by atoms with Gasteiger partial charge in [-0.05, 0) is 35.7 Å². The molecule has 3 aromatic rings. The Kier molecular flexibility index (Phi) is 6.13. The standard InChI is InChI=1S/C24H25N5O3/c1-17-8-9-18(24-25-10-5-11-26-24)12-21(17)28(16-23(31)32)15-22(30)27(2)29-13-19-6-3-4-7-20(19)14-29/h3-12H,13-16H2,1-2H3,(H,31,32). The number of carboxylic acid groups (broad SMARTS) is 1. The molecule has 0 spiro atoms. The predicted octanol–water partition coefficient (Wildman–Crippen LogP) is 2.73. The van der Waals surface area contributed by atoms with Crippen LogP contribution in [0.25, 0.3) is 11.4 Å². The largest absolute Gasteiger partial charge is 0.480 e. The fourth-order valence-electron chi connectivity index (χ4n) is 3.88. The quantitative estimate of drug-likeness (QED) is 0.615. The Bertz CT molecular complexity index is 1110. The second-order valence-electron chi connectivity index (χ2n) is 7.83. The van der Waals surface area contributed by atoms with Crippen LogP contribution in [0.3, 0.4) is 0 Å². The number of carbonyl (C=O) groups is 2. The molecule has 1 amide bonds. The number of fused-ring (bicyclic) bond motifs is 1. The van der Waals surface area contributed by atoms with E-state index in [-0.39, 0.29) is 19.0 Å². The molecule has 32 heavy (non-hydrogen) atoms. The molecule has 8 nitrogen and oxygen atoms in total. The summed E-state index contributed by atoms with van der Waals surface area (Å²) in [6.07, 6.45) is 3.31. The number of likely N-dealkylation sites (N-methyl/N-ethyl adjacent to an activating group) is 1. The number of amides is 1. The number of rotatable bonds is 7. The molecular formula is C24H25N5O3. The Morgan fingerprint density at radius 3 is 2.28 bits per heavy atom. The average molecular weight is 431 g/mol. The summed E-state index contributed by atoms with van der Waals surface area (Å²) in [5.41, 5.74) is 4.69. The van der Waals surface area contributed by atoms with Crippen LogP contribution in [0.1, 0.15) is 16.7 Å². The van der Waals surface area contributed by atoms with Gasteiger partial charge in [-0.2, -0.15) is 0 Å². The SMILES string of the molecule is Cc1ccc(-c2ncccn2)cc1N(CC(=O)O)CC(=O)N(C)N1Cc2ccccc2C1. The summed E-state index contributed by atoms with van der Waals surface area (Å²) in [6.45, 7) is 2.84. The second kappa shape index (κ2) is 9.15. The van der Waals surface area contributed by atoms with Crippen LogP contribution in [0.2, 0.25) is 0 Å². The maximum atomic E-state index is 13.1. The lowest BCUT2D eigenvalue weighted by Gasteiger charge is -2.31. The Morgan fingerprint density at radius 2 is 1.66 bits per heavy atom. The van der Waals surface area contributed by atoms with E-state index in [2.05, 4.69) is 22.1 Å². The smallest absolute Gasteiger partial charge is 0.323 e. The summed E-state index contributed by atoms with van der Waals surface area (Å²) in [5.74, 6) is -0.642. The lowest BCUT2D eigenvalue weighted by Crippen LogP contribution is -2.47. The van der Waals surface area contributed by atoms with Gasteiger partial charge in [-0.3, -0.25) is 14.6 Å². The fraction of sp³-hybridized carbons (Fsp3) is 0.250. The number of hydrogen-bond donors (Lipinski definition) is 1. The minimum atomic E-state index is -1.00. The highest BCUT2D eigenvalue weighted by atomic mass is 16.4. The third kappa shape index (κ3) is 4.60. The number of hydrazine groups is 1. The monoisotopic (exact) mass is 431 g/mol. The van der Waals surface area contributed by atoms with E-state index < -0.39 is 5.97 Å². The molecule has 0 saturated heterocycles. The third-order valence-corrected chi connectivity index (χ3v) is 5.64. The van der Waals surface area contributed by atoms with Crippen molar-refractivity contribution < 1.29 is 14.7 Å². The van der Waals surface area contributed by atoms with Gasteiger partial charge in [0.2, 0.25) is 0 Å². The zero-order valence-electron chi connectivity index (χ0n) is 18.1. The first-order valence-electron chi connectivity index (χ1n) is 10.4. The molecule has 0 radical (unpaired) electrons. The van der Waals surface area contributed by atoms with Gasteiger partial charge in [0.25, 0.3) is 5.91 Å². The molecule has 164 valence electrons. The van der Waals surface area contributed by atoms with Gasteiger partial charge in [0.15, 0.2) is 5.82 Å². The van der Waals surface area contributed by atoms with E-state index in [0.29, 0.717) is 24.6 Å². The Labute approximate surface area is 186 Å². The van der Waals surface area contributed by atoms with Gasteiger partial charge in [0, 0.05) is 43.8 Å². The number of carboxylic acids is 1. The zero-order valence-corrected chi connectivity index (χ0v) is 18.1. The van der Waals surface area contributed by atoms with Gasteiger partial charge < -0.3 is 10.0 Å². The summed E-state index contributed by atoms with van der Waals surface area (Å²) in [6, 6.07) is 15.5. The fourth-order valence-corrected chi connectivity index (χ4v) is 3.88. The summed E-state index contributed by atoms with van der Waals surface area (Å²) in [5, 5.41) is 13.1. The van der Waals surface area contributed by atoms with E-state index in [4.69, 9.17) is 0 Å². The molecule has 0 bridgehead atoms. The maximum absolute atomic E-state index is 13.1. The van der Waals surface area contributed by atoms with Crippen molar-refractivity contribution in [3.63, 3.8) is 0 Å². The van der Waals surface area contributed by atoms with Crippen LogP contribution in [-0.4, -0.2) is 57.1 Å². The Morgan fingerprint density at radius 1 is 1.00 bits per heavy atom. The number of carbonyl (C=O) groups excluding carboxylic acids is 1. The number of aryl methyl sites for hydroxylation is 1. The highest BCUT2D eigenvalue weighted by Crippen LogP contribution is 2.27. The number of anilines is 1. The van der Waals surface area contributed by atoms with E-state index in [0.717, 1.165) is 11.1 Å². The van der Waals surface area contributed by atoms with Gasteiger partial charge in [-0.25, -0.2) is 15.0 Å². The Hall–Kier alpha value is -3.78. The normalized spacial score (nSPS) is 12.9. The van der Waals surface area contributed by atoms with Gasteiger partial charge in [0.1, 0.15) is 6.54 Å². The lowest BCUT2D eigenvalue weighted by atomic mass is 10.1. The van der Waals surface area contributed by atoms with Gasteiger partial charge in [-0.1, -0.05) is 36.4 Å². The second-order valence-corrected chi connectivity index (χ2v) is 7.83. The van der Waals surface area contributed by atoms with Crippen molar-refractivity contribution in [3.05, 3.63) is 77.6 Å². The number of hydrogen-bond acceptors (Lipinski definition) is 6. The molecular weight excluding hydrogens is 406 g/mol. The van der Waals surface area contributed by atoms with Crippen LogP contribution >= 0.6 is 0 Å². The lowest BCUT2D eigenvalue weighted by molar-refractivity contribution is -0.145. The van der Waals surface area contributed by atoms with E-state index >= 15 is 0 Å². The van der Waals surface area contributed by atoms with Crippen molar-refractivity contribution >= 4 is 17.6 Å². The minimum absolute atomic E-state index is 0.0599. The number of aliphatic carboxylic acids is 1. The molecule has 0 atom stereocenters. The van der Waals surface area contributed by atoms with Crippen molar-refractivity contribution in [2.24, 2.45) is 0 Å². The zero-order chi connectivity index (χ0) is 22.7. The van der Waals surface area contributed by atoms with E-state index in [1.165, 1.54) is 11.1 Å². The first kappa shape index (κ1) is 21.5. The maximum Gasteiger partial charge on any atom is 0.323 e. The van der Waals surface area contributed by atoms with Crippen molar-refractivity contribution in [1.29, 1.82) is 0 Å². The Balaban J connectivity index is 1.55. The first-order valence-corrected chi connectivity index (χ1v) is 10.4. The average Bonchev–Trinajstić information content (AvgIpc) is 3.23. The summed E-state index contributed by atoms with van der Waals surface area (Å²) < 4.78 is 0.